The van der Waals surface area contributed by atoms with Gasteiger partial charge in [0.2, 0.25) is 5.28 Å². The van der Waals surface area contributed by atoms with Gasteiger partial charge < -0.3 is 0 Å². The van der Waals surface area contributed by atoms with Crippen molar-refractivity contribution in [2.24, 2.45) is 11.8 Å². The highest BCUT2D eigenvalue weighted by Crippen LogP contribution is 2.53. The molecule has 0 radical (unpaired) electrons. The molecule has 6 saturated carbocycles. The van der Waals surface area contributed by atoms with Gasteiger partial charge in [-0.1, -0.05) is 0 Å². The van der Waals surface area contributed by atoms with E-state index in [4.69, 9.17) is 16.6 Å². The fourth-order valence-corrected chi connectivity index (χ4v) is 6.15. The first kappa shape index (κ1) is 14.6. The van der Waals surface area contributed by atoms with E-state index in [9.17, 15) is 0 Å². The second-order valence-electron chi connectivity index (χ2n) is 8.78. The maximum Gasteiger partial charge on any atom is 0.225 e. The quantitative estimate of drug-likeness (QED) is 0.768. The van der Waals surface area contributed by atoms with Gasteiger partial charge in [-0.2, -0.15) is 0 Å². The van der Waals surface area contributed by atoms with Crippen LogP contribution in [0.4, 0.5) is 0 Å². The Morgan fingerprint density at radius 2 is 0.957 bits per heavy atom. The predicted molar refractivity (Wildman–Crippen MR) is 90.6 cm³/mol. The molecule has 6 aliphatic rings. The Balaban J connectivity index is 1.55. The van der Waals surface area contributed by atoms with Crippen LogP contribution in [-0.2, 0) is 10.8 Å². The molecule has 1 aromatic rings. The van der Waals surface area contributed by atoms with Gasteiger partial charge in [-0.25, -0.2) is 15.0 Å². The molecule has 6 aliphatic carbocycles. The Hall–Kier alpha value is -0.700. The zero-order valence-corrected chi connectivity index (χ0v) is 14.6. The summed E-state index contributed by atoms with van der Waals surface area (Å²) in [5.41, 5.74) is 0.414. The molecule has 23 heavy (non-hydrogen) atoms. The van der Waals surface area contributed by atoms with E-state index in [1.807, 2.05) is 0 Å². The van der Waals surface area contributed by atoms with Crippen molar-refractivity contribution in [3.8, 4) is 0 Å². The van der Waals surface area contributed by atoms with Crippen LogP contribution in [0.25, 0.3) is 0 Å². The first-order chi connectivity index (χ1) is 11.2. The maximum absolute atomic E-state index is 6.39. The number of rotatable bonds is 2. The minimum atomic E-state index is 0.207. The molecule has 0 saturated heterocycles. The lowest BCUT2D eigenvalue weighted by Crippen LogP contribution is -2.42. The maximum atomic E-state index is 6.39. The standard InChI is InChI=1S/C19H26ClN3/c20-17-22-15(18-7-1-13(2-8-18)3-9-18)21-16(23-17)19-10-4-14(5-11-19)6-12-19/h13-14H,1-12H2. The van der Waals surface area contributed by atoms with Gasteiger partial charge in [0, 0.05) is 10.8 Å². The van der Waals surface area contributed by atoms with E-state index < -0.39 is 0 Å². The second-order valence-corrected chi connectivity index (χ2v) is 9.11. The first-order valence-electron chi connectivity index (χ1n) is 9.60. The minimum Gasteiger partial charge on any atom is -0.217 e. The number of hydrogen-bond acceptors (Lipinski definition) is 3. The second kappa shape index (κ2) is 5.15. The summed E-state index contributed by atoms with van der Waals surface area (Å²) in [6, 6.07) is 0. The van der Waals surface area contributed by atoms with Crippen LogP contribution >= 0.6 is 11.6 Å². The Kier molecular flexibility index (Phi) is 3.27. The van der Waals surface area contributed by atoms with Gasteiger partial charge in [0.05, 0.1) is 0 Å². The van der Waals surface area contributed by atoms with Crippen LogP contribution in [0.3, 0.4) is 0 Å². The summed E-state index contributed by atoms with van der Waals surface area (Å²) < 4.78 is 0. The molecule has 0 aromatic carbocycles. The molecule has 0 unspecified atom stereocenters. The van der Waals surface area contributed by atoms with Crippen LogP contribution in [0.1, 0.15) is 88.7 Å². The van der Waals surface area contributed by atoms with Gasteiger partial charge in [-0.05, 0) is 100 Å². The molecule has 0 aliphatic heterocycles. The summed E-state index contributed by atoms with van der Waals surface area (Å²) in [5, 5.41) is 0.439. The molecular formula is C19H26ClN3. The molecule has 6 fully saturated rings. The highest BCUT2D eigenvalue weighted by Gasteiger charge is 2.47. The van der Waals surface area contributed by atoms with Crippen molar-refractivity contribution in [1.29, 1.82) is 0 Å². The molecule has 4 heteroatoms. The highest BCUT2D eigenvalue weighted by molar-refractivity contribution is 6.28. The normalized spacial score (nSPS) is 42.1. The SMILES string of the molecule is Clc1nc(C23CCC(CC2)CC3)nc(C23CCC(CC2)CC3)n1. The van der Waals surface area contributed by atoms with E-state index in [0.29, 0.717) is 5.28 Å². The number of halogens is 1. The van der Waals surface area contributed by atoms with E-state index in [1.165, 1.54) is 77.0 Å². The molecular weight excluding hydrogens is 306 g/mol. The highest BCUT2D eigenvalue weighted by atomic mass is 35.5. The van der Waals surface area contributed by atoms with Crippen molar-refractivity contribution < 1.29 is 0 Å². The zero-order chi connectivity index (χ0) is 15.5. The molecule has 0 spiro atoms. The van der Waals surface area contributed by atoms with Gasteiger partial charge in [0.25, 0.3) is 0 Å². The van der Waals surface area contributed by atoms with Crippen molar-refractivity contribution in [1.82, 2.24) is 15.0 Å². The van der Waals surface area contributed by atoms with E-state index in [0.717, 1.165) is 23.5 Å². The van der Waals surface area contributed by atoms with Crippen molar-refractivity contribution in [2.75, 3.05) is 0 Å². The molecule has 1 aromatic heterocycles. The molecule has 1 heterocycles. The molecule has 0 N–H and O–H groups in total. The summed E-state index contributed by atoms with van der Waals surface area (Å²) in [4.78, 5) is 14.4. The van der Waals surface area contributed by atoms with E-state index in [1.54, 1.807) is 0 Å². The average molecular weight is 332 g/mol. The van der Waals surface area contributed by atoms with Gasteiger partial charge >= 0.3 is 0 Å². The summed E-state index contributed by atoms with van der Waals surface area (Å²) >= 11 is 6.39. The van der Waals surface area contributed by atoms with Gasteiger partial charge in [0.15, 0.2) is 0 Å². The van der Waals surface area contributed by atoms with Gasteiger partial charge in [-0.3, -0.25) is 0 Å². The van der Waals surface area contributed by atoms with Crippen LogP contribution in [0, 0.1) is 11.8 Å². The smallest absolute Gasteiger partial charge is 0.217 e. The fourth-order valence-electron chi connectivity index (χ4n) is 5.99. The third-order valence-corrected chi connectivity index (χ3v) is 7.91. The Labute approximate surface area is 143 Å². The zero-order valence-electron chi connectivity index (χ0n) is 13.9. The number of aromatic nitrogens is 3. The first-order valence-corrected chi connectivity index (χ1v) is 9.98. The summed E-state index contributed by atoms with van der Waals surface area (Å²) in [6.07, 6.45) is 15.7. The van der Waals surface area contributed by atoms with Crippen molar-refractivity contribution in [2.45, 2.75) is 87.9 Å². The van der Waals surface area contributed by atoms with Crippen molar-refractivity contribution in [3.63, 3.8) is 0 Å². The fraction of sp³-hybridized carbons (Fsp3) is 0.842. The monoisotopic (exact) mass is 331 g/mol. The Morgan fingerprint density at radius 1 is 0.609 bits per heavy atom. The van der Waals surface area contributed by atoms with Crippen LogP contribution < -0.4 is 0 Å². The topological polar surface area (TPSA) is 38.7 Å². The lowest BCUT2D eigenvalue weighted by Gasteiger charge is -2.47. The van der Waals surface area contributed by atoms with Crippen LogP contribution in [-0.4, -0.2) is 15.0 Å². The molecule has 3 nitrogen and oxygen atoms in total. The number of hydrogen-bond donors (Lipinski definition) is 0. The number of nitrogens with zero attached hydrogens (tertiary/aromatic N) is 3. The third-order valence-electron chi connectivity index (χ3n) is 7.74. The molecule has 4 bridgehead atoms. The molecule has 0 amide bonds. The summed E-state index contributed by atoms with van der Waals surface area (Å²) in [7, 11) is 0. The van der Waals surface area contributed by atoms with Gasteiger partial charge in [-0.15, -0.1) is 0 Å². The minimum absolute atomic E-state index is 0.207. The van der Waals surface area contributed by atoms with Crippen molar-refractivity contribution in [3.05, 3.63) is 16.9 Å². The predicted octanol–water partition coefficient (Wildman–Crippen LogP) is 4.97. The Morgan fingerprint density at radius 3 is 1.30 bits per heavy atom. The number of fused-ring (bicyclic) bond motifs is 6. The molecule has 0 atom stereocenters. The summed E-state index contributed by atoms with van der Waals surface area (Å²) in [5.74, 6) is 3.99. The van der Waals surface area contributed by atoms with Crippen LogP contribution in [0.2, 0.25) is 5.28 Å². The van der Waals surface area contributed by atoms with Gasteiger partial charge in [0.1, 0.15) is 11.6 Å². The lowest BCUT2D eigenvalue weighted by molar-refractivity contribution is 0.117. The molecule has 124 valence electrons. The lowest BCUT2D eigenvalue weighted by atomic mass is 9.59. The summed E-state index contributed by atoms with van der Waals surface area (Å²) in [6.45, 7) is 0. The average Bonchev–Trinajstić information content (AvgIpc) is 2.64. The largest absolute Gasteiger partial charge is 0.225 e. The van der Waals surface area contributed by atoms with Crippen LogP contribution in [0.15, 0.2) is 0 Å². The van der Waals surface area contributed by atoms with E-state index in [2.05, 4.69) is 9.97 Å². The van der Waals surface area contributed by atoms with E-state index >= 15 is 0 Å². The molecule has 7 rings (SSSR count). The Bertz CT molecular complexity index is 535. The van der Waals surface area contributed by atoms with E-state index in [-0.39, 0.29) is 10.8 Å². The van der Waals surface area contributed by atoms with Crippen molar-refractivity contribution >= 4 is 11.6 Å². The van der Waals surface area contributed by atoms with Crippen LogP contribution in [0.5, 0.6) is 0 Å². The third kappa shape index (κ3) is 2.26.